The van der Waals surface area contributed by atoms with Crippen molar-refractivity contribution in [3.8, 4) is 62.1 Å². The van der Waals surface area contributed by atoms with Crippen LogP contribution in [-0.2, 0) is 0 Å². The lowest BCUT2D eigenvalue weighted by molar-refractivity contribution is 1.07. The molecule has 266 valence electrons. The molecule has 0 aliphatic heterocycles. The number of hydrogen-bond donors (Lipinski definition) is 0. The number of nitrogens with zero attached hydrogens (tertiary/aromatic N) is 4. The first kappa shape index (κ1) is 32.7. The van der Waals surface area contributed by atoms with E-state index in [1.807, 2.05) is 24.3 Å². The van der Waals surface area contributed by atoms with Crippen molar-refractivity contribution in [2.75, 3.05) is 0 Å². The quantitative estimate of drug-likeness (QED) is 0.171. The molecule has 4 heteroatoms. The third-order valence-corrected chi connectivity index (χ3v) is 11.1. The molecule has 2 heterocycles. The van der Waals surface area contributed by atoms with E-state index in [-0.39, 0.29) is 0 Å². The molecule has 4 nitrogen and oxygen atoms in total. The van der Waals surface area contributed by atoms with Gasteiger partial charge in [0.25, 0.3) is 0 Å². The summed E-state index contributed by atoms with van der Waals surface area (Å²) in [5, 5.41) is 7.01. The largest absolute Gasteiger partial charge is 0.309 e. The van der Waals surface area contributed by atoms with Crippen LogP contribution in [0.3, 0.4) is 0 Å². The zero-order valence-electron chi connectivity index (χ0n) is 30.9. The molecule has 0 amide bonds. The van der Waals surface area contributed by atoms with E-state index in [4.69, 9.17) is 15.0 Å². The number of aromatic nitrogens is 4. The van der Waals surface area contributed by atoms with Crippen LogP contribution in [0.5, 0.6) is 0 Å². The minimum absolute atomic E-state index is 0.619. The number of benzene rings is 9. The first-order valence-corrected chi connectivity index (χ1v) is 19.3. The molecule has 0 spiro atoms. The molecule has 0 saturated heterocycles. The van der Waals surface area contributed by atoms with Crippen LogP contribution in [-0.4, -0.2) is 19.5 Å². The van der Waals surface area contributed by atoms with Crippen molar-refractivity contribution in [3.05, 3.63) is 206 Å². The highest BCUT2D eigenvalue weighted by Crippen LogP contribution is 2.45. The molecule has 0 unspecified atom stereocenters. The first-order chi connectivity index (χ1) is 28.3. The normalized spacial score (nSPS) is 11.5. The molecular weight excluding hydrogens is 693 g/mol. The molecule has 0 saturated carbocycles. The van der Waals surface area contributed by atoms with Gasteiger partial charge in [0.15, 0.2) is 17.5 Å². The summed E-state index contributed by atoms with van der Waals surface area (Å²) in [4.78, 5) is 15.7. The number of hydrogen-bond acceptors (Lipinski definition) is 3. The molecule has 0 aliphatic carbocycles. The maximum Gasteiger partial charge on any atom is 0.164 e. The Morgan fingerprint density at radius 1 is 0.298 bits per heavy atom. The van der Waals surface area contributed by atoms with Crippen LogP contribution in [0.25, 0.3) is 105 Å². The molecule has 11 aromatic rings. The van der Waals surface area contributed by atoms with Crippen LogP contribution >= 0.6 is 0 Å². The topological polar surface area (TPSA) is 43.6 Å². The maximum absolute atomic E-state index is 5.32. The Balaban J connectivity index is 1.23. The summed E-state index contributed by atoms with van der Waals surface area (Å²) in [6, 6.07) is 72.9. The van der Waals surface area contributed by atoms with Gasteiger partial charge in [0.1, 0.15) is 0 Å². The lowest BCUT2D eigenvalue weighted by Crippen LogP contribution is -2.03. The first-order valence-electron chi connectivity index (χ1n) is 19.3. The molecule has 2 aromatic heterocycles. The molecule has 0 atom stereocenters. The average molecular weight is 727 g/mol. The molecule has 0 bridgehead atoms. The summed E-state index contributed by atoms with van der Waals surface area (Å²) < 4.78 is 2.43. The molecule has 9 aromatic carbocycles. The Bertz CT molecular complexity index is 3220. The van der Waals surface area contributed by atoms with Crippen molar-refractivity contribution >= 4 is 43.4 Å². The fourth-order valence-electron chi connectivity index (χ4n) is 8.41. The van der Waals surface area contributed by atoms with Gasteiger partial charge in [-0.2, -0.15) is 0 Å². The fraction of sp³-hybridized carbons (Fsp3) is 0. The molecule has 0 N–H and O–H groups in total. The Labute approximate surface area is 330 Å². The van der Waals surface area contributed by atoms with E-state index in [2.05, 4.69) is 187 Å². The fourth-order valence-corrected chi connectivity index (χ4v) is 8.41. The Morgan fingerprint density at radius 3 is 1.42 bits per heavy atom. The minimum Gasteiger partial charge on any atom is -0.309 e. The van der Waals surface area contributed by atoms with E-state index < -0.39 is 0 Å². The van der Waals surface area contributed by atoms with Crippen LogP contribution in [0.2, 0.25) is 0 Å². The Kier molecular flexibility index (Phi) is 7.78. The predicted octanol–water partition coefficient (Wildman–Crippen LogP) is 13.6. The highest BCUT2D eigenvalue weighted by molar-refractivity contribution is 6.15. The summed E-state index contributed by atoms with van der Waals surface area (Å²) in [6.45, 7) is 0. The Morgan fingerprint density at radius 2 is 0.754 bits per heavy atom. The van der Waals surface area contributed by atoms with Gasteiger partial charge in [-0.15, -0.1) is 0 Å². The van der Waals surface area contributed by atoms with Crippen LogP contribution in [0.1, 0.15) is 0 Å². The van der Waals surface area contributed by atoms with Crippen molar-refractivity contribution in [2.24, 2.45) is 0 Å². The summed E-state index contributed by atoms with van der Waals surface area (Å²) in [5.41, 5.74) is 10.8. The van der Waals surface area contributed by atoms with Crippen molar-refractivity contribution < 1.29 is 0 Å². The zero-order chi connectivity index (χ0) is 37.7. The van der Waals surface area contributed by atoms with Gasteiger partial charge in [0.05, 0.1) is 16.7 Å². The van der Waals surface area contributed by atoms with Gasteiger partial charge >= 0.3 is 0 Å². The maximum atomic E-state index is 5.32. The van der Waals surface area contributed by atoms with Crippen LogP contribution in [0, 0.1) is 0 Å². The van der Waals surface area contributed by atoms with Crippen LogP contribution in [0.4, 0.5) is 0 Å². The monoisotopic (exact) mass is 726 g/mol. The van der Waals surface area contributed by atoms with Crippen molar-refractivity contribution in [3.63, 3.8) is 0 Å². The summed E-state index contributed by atoms with van der Waals surface area (Å²) in [7, 11) is 0. The van der Waals surface area contributed by atoms with E-state index in [0.29, 0.717) is 17.5 Å². The molecule has 57 heavy (non-hydrogen) atoms. The van der Waals surface area contributed by atoms with Gasteiger partial charge in [-0.3, -0.25) is 0 Å². The highest BCUT2D eigenvalue weighted by atomic mass is 15.0. The van der Waals surface area contributed by atoms with Crippen molar-refractivity contribution in [1.82, 2.24) is 19.5 Å². The second-order valence-corrected chi connectivity index (χ2v) is 14.4. The van der Waals surface area contributed by atoms with E-state index in [0.717, 1.165) is 55.3 Å². The van der Waals surface area contributed by atoms with Crippen LogP contribution < -0.4 is 0 Å². The standard InChI is InChI=1S/C53H34N4/c1-3-16-35(17-4-1)36-30-32-39(33-31-36)52-54-51(38-19-5-2-6-20-38)55-53(56-52)46-34-49(57-47-28-13-11-24-42(47)43-25-12-14-29-48(43)57)50(45-26-10-9-23-41(45)46)44-27-15-21-37-18-7-8-22-40(37)44/h1-34H. The molecule has 0 fully saturated rings. The summed E-state index contributed by atoms with van der Waals surface area (Å²) in [6.07, 6.45) is 0. The van der Waals surface area contributed by atoms with Gasteiger partial charge in [0, 0.05) is 33.0 Å². The van der Waals surface area contributed by atoms with Gasteiger partial charge in [-0.25, -0.2) is 15.0 Å². The molecular formula is C53H34N4. The summed E-state index contributed by atoms with van der Waals surface area (Å²) >= 11 is 0. The van der Waals surface area contributed by atoms with Crippen LogP contribution in [0.15, 0.2) is 206 Å². The van der Waals surface area contributed by atoms with E-state index in [1.165, 1.54) is 32.7 Å². The number of fused-ring (bicyclic) bond motifs is 5. The zero-order valence-corrected chi connectivity index (χ0v) is 30.9. The molecule has 0 radical (unpaired) electrons. The minimum atomic E-state index is 0.619. The second-order valence-electron chi connectivity index (χ2n) is 14.4. The van der Waals surface area contributed by atoms with Crippen molar-refractivity contribution in [2.45, 2.75) is 0 Å². The molecule has 11 rings (SSSR count). The Hall–Kier alpha value is -7.69. The smallest absolute Gasteiger partial charge is 0.164 e. The third-order valence-electron chi connectivity index (χ3n) is 11.1. The van der Waals surface area contributed by atoms with Gasteiger partial charge in [0.2, 0.25) is 0 Å². The van der Waals surface area contributed by atoms with Gasteiger partial charge < -0.3 is 4.57 Å². The SMILES string of the molecule is c1ccc(-c2ccc(-c3nc(-c4ccccc4)nc(-c4cc(-n5c6ccccc6c6ccccc65)c(-c5cccc6ccccc56)c5ccccc45)n3)cc2)cc1. The predicted molar refractivity (Wildman–Crippen MR) is 236 cm³/mol. The highest BCUT2D eigenvalue weighted by Gasteiger charge is 2.23. The van der Waals surface area contributed by atoms with Gasteiger partial charge in [-0.1, -0.05) is 188 Å². The summed E-state index contributed by atoms with van der Waals surface area (Å²) in [5.74, 6) is 1.87. The van der Waals surface area contributed by atoms with E-state index >= 15 is 0 Å². The molecule has 0 aliphatic rings. The number of rotatable bonds is 6. The lowest BCUT2D eigenvalue weighted by atomic mass is 9.90. The average Bonchev–Trinajstić information content (AvgIpc) is 3.63. The van der Waals surface area contributed by atoms with Gasteiger partial charge in [-0.05, 0) is 56.4 Å². The lowest BCUT2D eigenvalue weighted by Gasteiger charge is -2.21. The van der Waals surface area contributed by atoms with E-state index in [9.17, 15) is 0 Å². The third kappa shape index (κ3) is 5.58. The second kappa shape index (κ2) is 13.6. The van der Waals surface area contributed by atoms with E-state index in [1.54, 1.807) is 0 Å². The number of para-hydroxylation sites is 2. The van der Waals surface area contributed by atoms with Crippen molar-refractivity contribution in [1.29, 1.82) is 0 Å².